The average molecular weight is 188 g/mol. The summed E-state index contributed by atoms with van der Waals surface area (Å²) in [6.45, 7) is 7.84. The van der Waals surface area contributed by atoms with Gasteiger partial charge in [0.2, 0.25) is 0 Å². The lowest BCUT2D eigenvalue weighted by atomic mass is 9.98. The van der Waals surface area contributed by atoms with Crippen molar-refractivity contribution in [2.75, 3.05) is 6.61 Å². The molecule has 78 valence electrons. The second kappa shape index (κ2) is 7.06. The molecule has 0 rings (SSSR count). The van der Waals surface area contributed by atoms with Crippen molar-refractivity contribution in [2.45, 2.75) is 39.2 Å². The molecule has 0 aromatic heterocycles. The molecule has 2 atom stereocenters. The van der Waals surface area contributed by atoms with Gasteiger partial charge in [0.05, 0.1) is 0 Å². The zero-order valence-electron chi connectivity index (χ0n) is 8.49. The summed E-state index contributed by atoms with van der Waals surface area (Å²) in [5, 5.41) is 17.2. The molecule has 0 spiro atoms. The summed E-state index contributed by atoms with van der Waals surface area (Å²) in [7, 11) is 0. The quantitative estimate of drug-likeness (QED) is 0.366. The summed E-state index contributed by atoms with van der Waals surface area (Å²) >= 11 is 0. The Bertz CT molecular complexity index is 145. The molecule has 2 N–H and O–H groups in total. The third kappa shape index (κ3) is 5.80. The van der Waals surface area contributed by atoms with E-state index in [2.05, 4.69) is 18.4 Å². The first kappa shape index (κ1) is 12.6. The molecule has 0 saturated heterocycles. The van der Waals surface area contributed by atoms with Gasteiger partial charge in [-0.1, -0.05) is 13.5 Å². The van der Waals surface area contributed by atoms with Crippen molar-refractivity contribution in [3.8, 4) is 0 Å². The van der Waals surface area contributed by atoms with E-state index in [-0.39, 0.29) is 12.7 Å². The third-order valence-electron chi connectivity index (χ3n) is 2.22. The van der Waals surface area contributed by atoms with Crippen molar-refractivity contribution < 1.29 is 15.3 Å². The topological polar surface area (TPSA) is 49.7 Å². The van der Waals surface area contributed by atoms with Gasteiger partial charge in [0.1, 0.15) is 6.10 Å². The largest absolute Gasteiger partial charge is 0.396 e. The Morgan fingerprint density at radius 3 is 2.38 bits per heavy atom. The monoisotopic (exact) mass is 188 g/mol. The van der Waals surface area contributed by atoms with E-state index in [1.165, 1.54) is 0 Å². The number of hydrogen-bond acceptors (Lipinski definition) is 3. The fourth-order valence-electron chi connectivity index (χ4n) is 1.19. The van der Waals surface area contributed by atoms with Gasteiger partial charge in [0, 0.05) is 6.61 Å². The summed E-state index contributed by atoms with van der Waals surface area (Å²) in [4.78, 5) is 4.28. The first-order valence-electron chi connectivity index (χ1n) is 4.68. The molecule has 0 fully saturated rings. The fraction of sp³-hybridized carbons (Fsp3) is 0.800. The standard InChI is InChI=1S/C10H20O3/c1-8(2)10(13-12)5-4-9(3)6-7-11/h9-12H,1,4-7H2,2-3H3. The van der Waals surface area contributed by atoms with Gasteiger partial charge in [0.15, 0.2) is 0 Å². The molecule has 0 aliphatic rings. The van der Waals surface area contributed by atoms with Crippen molar-refractivity contribution in [3.63, 3.8) is 0 Å². The normalized spacial score (nSPS) is 15.4. The minimum Gasteiger partial charge on any atom is -0.396 e. The number of aliphatic hydroxyl groups is 1. The second-order valence-corrected chi connectivity index (χ2v) is 3.64. The van der Waals surface area contributed by atoms with Crippen molar-refractivity contribution in [1.29, 1.82) is 0 Å². The van der Waals surface area contributed by atoms with E-state index in [4.69, 9.17) is 10.4 Å². The van der Waals surface area contributed by atoms with Gasteiger partial charge in [-0.25, -0.2) is 4.89 Å². The van der Waals surface area contributed by atoms with Crippen LogP contribution in [0.3, 0.4) is 0 Å². The minimum atomic E-state index is -0.263. The molecule has 0 aliphatic heterocycles. The molecule has 3 heteroatoms. The Kier molecular flexibility index (Phi) is 6.86. The van der Waals surface area contributed by atoms with Crippen LogP contribution >= 0.6 is 0 Å². The predicted octanol–water partition coefficient (Wildman–Crippen LogP) is 2.22. The molecule has 0 aromatic rings. The third-order valence-corrected chi connectivity index (χ3v) is 2.22. The average Bonchev–Trinajstić information content (AvgIpc) is 2.05. The van der Waals surface area contributed by atoms with Crippen LogP contribution in [0.1, 0.15) is 33.1 Å². The Balaban J connectivity index is 3.65. The maximum Gasteiger partial charge on any atom is 0.113 e. The Hall–Kier alpha value is -0.380. The first-order valence-corrected chi connectivity index (χ1v) is 4.68. The molecule has 13 heavy (non-hydrogen) atoms. The molecule has 0 radical (unpaired) electrons. The van der Waals surface area contributed by atoms with Crippen LogP contribution < -0.4 is 0 Å². The van der Waals surface area contributed by atoms with Gasteiger partial charge >= 0.3 is 0 Å². The van der Waals surface area contributed by atoms with Crippen molar-refractivity contribution in [2.24, 2.45) is 5.92 Å². The molecule has 3 nitrogen and oxygen atoms in total. The number of aliphatic hydroxyl groups excluding tert-OH is 1. The highest BCUT2D eigenvalue weighted by Gasteiger charge is 2.11. The van der Waals surface area contributed by atoms with Crippen LogP contribution in [0, 0.1) is 5.92 Å². The van der Waals surface area contributed by atoms with E-state index in [1.807, 2.05) is 6.92 Å². The van der Waals surface area contributed by atoms with Gasteiger partial charge in [0.25, 0.3) is 0 Å². The lowest BCUT2D eigenvalue weighted by molar-refractivity contribution is -0.270. The summed E-state index contributed by atoms with van der Waals surface area (Å²) in [6.07, 6.45) is 2.22. The summed E-state index contributed by atoms with van der Waals surface area (Å²) in [6, 6.07) is 0. The highest BCUT2D eigenvalue weighted by atomic mass is 17.1. The predicted molar refractivity (Wildman–Crippen MR) is 52.4 cm³/mol. The molecule has 0 aliphatic carbocycles. The number of hydrogen-bond donors (Lipinski definition) is 2. The van der Waals surface area contributed by atoms with Gasteiger partial charge in [-0.05, 0) is 37.7 Å². The van der Waals surface area contributed by atoms with Crippen LogP contribution in [0.4, 0.5) is 0 Å². The van der Waals surface area contributed by atoms with Crippen LogP contribution in [0.25, 0.3) is 0 Å². The van der Waals surface area contributed by atoms with Gasteiger partial charge < -0.3 is 5.11 Å². The Morgan fingerprint density at radius 1 is 1.38 bits per heavy atom. The van der Waals surface area contributed by atoms with Crippen molar-refractivity contribution in [3.05, 3.63) is 12.2 Å². The molecule has 0 bridgehead atoms. The van der Waals surface area contributed by atoms with E-state index >= 15 is 0 Å². The zero-order valence-corrected chi connectivity index (χ0v) is 8.49. The maximum atomic E-state index is 8.67. The van der Waals surface area contributed by atoms with E-state index in [0.717, 1.165) is 24.8 Å². The van der Waals surface area contributed by atoms with E-state index < -0.39 is 0 Å². The first-order chi connectivity index (χ1) is 6.11. The van der Waals surface area contributed by atoms with E-state index in [9.17, 15) is 0 Å². The molecule has 0 amide bonds. The molecular formula is C10H20O3. The lowest BCUT2D eigenvalue weighted by Gasteiger charge is -2.15. The van der Waals surface area contributed by atoms with Gasteiger partial charge in [-0.2, -0.15) is 0 Å². The minimum absolute atomic E-state index is 0.221. The number of rotatable bonds is 7. The lowest BCUT2D eigenvalue weighted by Crippen LogP contribution is -2.13. The maximum absolute atomic E-state index is 8.67. The molecule has 0 aromatic carbocycles. The summed E-state index contributed by atoms with van der Waals surface area (Å²) in [5.41, 5.74) is 0.832. The van der Waals surface area contributed by atoms with Crippen molar-refractivity contribution in [1.82, 2.24) is 0 Å². The van der Waals surface area contributed by atoms with Crippen LogP contribution in [0.2, 0.25) is 0 Å². The summed E-state index contributed by atoms with van der Waals surface area (Å²) < 4.78 is 0. The van der Waals surface area contributed by atoms with Gasteiger partial charge in [-0.15, -0.1) is 0 Å². The highest BCUT2D eigenvalue weighted by Crippen LogP contribution is 2.16. The molecule has 2 unspecified atom stereocenters. The molecular weight excluding hydrogens is 168 g/mol. The van der Waals surface area contributed by atoms with Gasteiger partial charge in [-0.3, -0.25) is 5.26 Å². The Morgan fingerprint density at radius 2 is 2.00 bits per heavy atom. The summed E-state index contributed by atoms with van der Waals surface area (Å²) in [5.74, 6) is 0.460. The SMILES string of the molecule is C=C(C)C(CCC(C)CCO)OO. The van der Waals surface area contributed by atoms with Crippen LogP contribution in [0.15, 0.2) is 12.2 Å². The molecule has 0 saturated carbocycles. The highest BCUT2D eigenvalue weighted by molar-refractivity contribution is 4.97. The zero-order chi connectivity index (χ0) is 10.3. The smallest absolute Gasteiger partial charge is 0.113 e. The fourth-order valence-corrected chi connectivity index (χ4v) is 1.19. The second-order valence-electron chi connectivity index (χ2n) is 3.64. The van der Waals surface area contributed by atoms with E-state index in [0.29, 0.717) is 5.92 Å². The van der Waals surface area contributed by atoms with Crippen LogP contribution in [-0.2, 0) is 4.89 Å². The van der Waals surface area contributed by atoms with Crippen LogP contribution in [0.5, 0.6) is 0 Å². The van der Waals surface area contributed by atoms with E-state index in [1.54, 1.807) is 0 Å². The molecule has 0 heterocycles. The van der Waals surface area contributed by atoms with Crippen molar-refractivity contribution >= 4 is 0 Å². The Labute approximate surface area is 80.0 Å². The van der Waals surface area contributed by atoms with Crippen LogP contribution in [-0.4, -0.2) is 23.1 Å².